The number of likely N-dealkylation sites (tertiary alicyclic amines) is 1. The van der Waals surface area contributed by atoms with Crippen molar-refractivity contribution in [2.75, 3.05) is 27.8 Å². The quantitative estimate of drug-likeness (QED) is 0.708. The van der Waals surface area contributed by atoms with Crippen molar-refractivity contribution in [2.45, 2.75) is 51.0 Å². The zero-order chi connectivity index (χ0) is 19.6. The molecule has 3 rings (SSSR count). The van der Waals surface area contributed by atoms with Crippen LogP contribution in [0.1, 0.15) is 45.1 Å². The van der Waals surface area contributed by atoms with E-state index >= 15 is 0 Å². The summed E-state index contributed by atoms with van der Waals surface area (Å²) in [5.74, 6) is 2.13. The van der Waals surface area contributed by atoms with E-state index in [1.165, 1.54) is 5.56 Å². The molecular formula is C22H31NO4. The summed E-state index contributed by atoms with van der Waals surface area (Å²) in [6.45, 7) is 4.94. The maximum atomic E-state index is 12.2. The summed E-state index contributed by atoms with van der Waals surface area (Å²) in [6, 6.07) is 6.46. The van der Waals surface area contributed by atoms with Gasteiger partial charge in [0.15, 0.2) is 11.5 Å². The molecular weight excluding hydrogens is 342 g/mol. The summed E-state index contributed by atoms with van der Waals surface area (Å²) >= 11 is 0. The van der Waals surface area contributed by atoms with Gasteiger partial charge in [0.2, 0.25) is 0 Å². The zero-order valence-electron chi connectivity index (χ0n) is 17.1. The molecule has 0 saturated carbocycles. The molecule has 3 atom stereocenters. The fourth-order valence-corrected chi connectivity index (χ4v) is 4.34. The molecule has 0 aromatic heterocycles. The van der Waals surface area contributed by atoms with Crippen molar-refractivity contribution in [3.8, 4) is 11.5 Å². The zero-order valence-corrected chi connectivity index (χ0v) is 17.1. The molecule has 2 aliphatic rings. The molecule has 1 aliphatic carbocycles. The lowest BCUT2D eigenvalue weighted by Crippen LogP contribution is -2.42. The average Bonchev–Trinajstić information content (AvgIpc) is 3.04. The predicted octanol–water partition coefficient (Wildman–Crippen LogP) is 3.91. The number of allylic oxidation sites excluding steroid dienone is 1. The van der Waals surface area contributed by atoms with Gasteiger partial charge in [0.25, 0.3) is 0 Å². The molecule has 1 aromatic rings. The molecule has 1 heterocycles. The Hall–Kier alpha value is -2.01. The summed E-state index contributed by atoms with van der Waals surface area (Å²) in [7, 11) is 5.47. The normalized spacial score (nSPS) is 26.1. The van der Waals surface area contributed by atoms with E-state index in [9.17, 15) is 4.79 Å². The molecule has 0 bridgehead atoms. The fraction of sp³-hybridized carbons (Fsp3) is 0.591. The second kappa shape index (κ2) is 7.93. The van der Waals surface area contributed by atoms with E-state index in [1.54, 1.807) is 14.2 Å². The van der Waals surface area contributed by atoms with E-state index in [0.717, 1.165) is 49.5 Å². The van der Waals surface area contributed by atoms with Crippen molar-refractivity contribution in [3.63, 3.8) is 0 Å². The summed E-state index contributed by atoms with van der Waals surface area (Å²) in [4.78, 5) is 14.6. The molecule has 1 saturated heterocycles. The van der Waals surface area contributed by atoms with Crippen LogP contribution in [0.15, 0.2) is 30.0 Å². The Kier molecular flexibility index (Phi) is 5.80. The van der Waals surface area contributed by atoms with Crippen molar-refractivity contribution in [2.24, 2.45) is 5.92 Å². The minimum atomic E-state index is -0.122. The van der Waals surface area contributed by atoms with Gasteiger partial charge in [0.05, 0.1) is 20.1 Å². The molecule has 0 radical (unpaired) electrons. The Morgan fingerprint density at radius 1 is 1.26 bits per heavy atom. The van der Waals surface area contributed by atoms with Crippen molar-refractivity contribution >= 4 is 5.97 Å². The summed E-state index contributed by atoms with van der Waals surface area (Å²) in [6.07, 6.45) is 5.77. The van der Waals surface area contributed by atoms with Gasteiger partial charge < -0.3 is 14.2 Å². The summed E-state index contributed by atoms with van der Waals surface area (Å²) < 4.78 is 16.6. The lowest BCUT2D eigenvalue weighted by Gasteiger charge is -2.40. The van der Waals surface area contributed by atoms with Crippen molar-refractivity contribution in [1.29, 1.82) is 0 Å². The highest BCUT2D eigenvalue weighted by Crippen LogP contribution is 2.49. The molecule has 1 aliphatic heterocycles. The first kappa shape index (κ1) is 19.7. The van der Waals surface area contributed by atoms with Gasteiger partial charge in [-0.3, -0.25) is 9.69 Å². The molecule has 0 spiro atoms. The number of esters is 1. The molecule has 5 nitrogen and oxygen atoms in total. The SMILES string of the molecule is CCC(C)C(=O)OC1=CC2N(C)CCC2(c2ccc(OC)c(OC)c2)CC1. The Bertz CT molecular complexity index is 729. The monoisotopic (exact) mass is 373 g/mol. The first-order valence-corrected chi connectivity index (χ1v) is 9.80. The average molecular weight is 373 g/mol. The highest BCUT2D eigenvalue weighted by molar-refractivity contribution is 5.73. The third-order valence-corrected chi connectivity index (χ3v) is 6.32. The van der Waals surface area contributed by atoms with Gasteiger partial charge in [0, 0.05) is 17.9 Å². The molecule has 3 unspecified atom stereocenters. The van der Waals surface area contributed by atoms with Gasteiger partial charge in [-0.05, 0) is 56.6 Å². The van der Waals surface area contributed by atoms with Crippen LogP contribution in [0.5, 0.6) is 11.5 Å². The van der Waals surface area contributed by atoms with Crippen LogP contribution in [0.4, 0.5) is 0 Å². The van der Waals surface area contributed by atoms with Crippen molar-refractivity contribution in [3.05, 3.63) is 35.6 Å². The Morgan fingerprint density at radius 3 is 2.67 bits per heavy atom. The van der Waals surface area contributed by atoms with Crippen molar-refractivity contribution < 1.29 is 19.0 Å². The number of carbonyl (C=O) groups excluding carboxylic acids is 1. The second-order valence-corrected chi connectivity index (χ2v) is 7.76. The summed E-state index contributed by atoms with van der Waals surface area (Å²) in [5.41, 5.74) is 1.28. The molecule has 0 N–H and O–H groups in total. The third kappa shape index (κ3) is 3.57. The van der Waals surface area contributed by atoms with Crippen LogP contribution in [0.2, 0.25) is 0 Å². The maximum Gasteiger partial charge on any atom is 0.313 e. The van der Waals surface area contributed by atoms with Crippen molar-refractivity contribution in [1.82, 2.24) is 4.90 Å². The number of rotatable bonds is 6. The van der Waals surface area contributed by atoms with Gasteiger partial charge in [-0.2, -0.15) is 0 Å². The lowest BCUT2D eigenvalue weighted by atomic mass is 9.68. The third-order valence-electron chi connectivity index (χ3n) is 6.32. The van der Waals surface area contributed by atoms with Gasteiger partial charge in [-0.25, -0.2) is 0 Å². The second-order valence-electron chi connectivity index (χ2n) is 7.76. The number of methoxy groups -OCH3 is 2. The number of benzene rings is 1. The fourth-order valence-electron chi connectivity index (χ4n) is 4.34. The molecule has 1 fully saturated rings. The minimum Gasteiger partial charge on any atom is -0.493 e. The van der Waals surface area contributed by atoms with Gasteiger partial charge in [0.1, 0.15) is 5.76 Å². The van der Waals surface area contributed by atoms with E-state index in [4.69, 9.17) is 14.2 Å². The van der Waals surface area contributed by atoms with Crippen LogP contribution in [0.3, 0.4) is 0 Å². The Morgan fingerprint density at radius 2 is 2.00 bits per heavy atom. The molecule has 1 aromatic carbocycles. The summed E-state index contributed by atoms with van der Waals surface area (Å²) in [5, 5.41) is 0. The van der Waals surface area contributed by atoms with E-state index in [-0.39, 0.29) is 23.3 Å². The smallest absolute Gasteiger partial charge is 0.313 e. The highest BCUT2D eigenvalue weighted by Gasteiger charge is 2.48. The standard InChI is InChI=1S/C22H31NO4/c1-6-15(2)21(24)27-17-9-10-22(11-12-23(3)20(22)14-17)16-7-8-18(25-4)19(13-16)26-5/h7-8,13-15,20H,6,9-12H2,1-5H3. The number of ether oxygens (including phenoxy) is 3. The number of hydrogen-bond acceptors (Lipinski definition) is 5. The minimum absolute atomic E-state index is 0.0145. The van der Waals surface area contributed by atoms with Gasteiger partial charge in [-0.15, -0.1) is 0 Å². The van der Waals surface area contributed by atoms with E-state index in [1.807, 2.05) is 19.9 Å². The molecule has 148 valence electrons. The van der Waals surface area contributed by atoms with Crippen LogP contribution in [-0.4, -0.2) is 44.7 Å². The largest absolute Gasteiger partial charge is 0.493 e. The first-order valence-electron chi connectivity index (χ1n) is 9.80. The number of hydrogen-bond donors (Lipinski definition) is 0. The van der Waals surface area contributed by atoms with Crippen LogP contribution in [-0.2, 0) is 14.9 Å². The first-order chi connectivity index (χ1) is 12.9. The van der Waals surface area contributed by atoms with E-state index in [2.05, 4.69) is 30.2 Å². The van der Waals surface area contributed by atoms with Crippen LogP contribution < -0.4 is 9.47 Å². The Balaban J connectivity index is 1.91. The van der Waals surface area contributed by atoms with E-state index < -0.39 is 0 Å². The van der Waals surface area contributed by atoms with Crippen LogP contribution >= 0.6 is 0 Å². The molecule has 27 heavy (non-hydrogen) atoms. The molecule has 0 amide bonds. The van der Waals surface area contributed by atoms with Gasteiger partial charge >= 0.3 is 5.97 Å². The number of fused-ring (bicyclic) bond motifs is 1. The highest BCUT2D eigenvalue weighted by atomic mass is 16.5. The van der Waals surface area contributed by atoms with Gasteiger partial charge in [-0.1, -0.05) is 19.9 Å². The lowest BCUT2D eigenvalue weighted by molar-refractivity contribution is -0.144. The number of nitrogens with zero attached hydrogens (tertiary/aromatic N) is 1. The molecule has 5 heteroatoms. The maximum absolute atomic E-state index is 12.2. The van der Waals surface area contributed by atoms with Crippen LogP contribution in [0.25, 0.3) is 0 Å². The Labute approximate surface area is 162 Å². The van der Waals surface area contributed by atoms with Crippen LogP contribution in [0, 0.1) is 5.92 Å². The predicted molar refractivity (Wildman–Crippen MR) is 105 cm³/mol. The number of likely N-dealkylation sites (N-methyl/N-ethyl adjacent to an activating group) is 1. The number of carbonyl (C=O) groups is 1. The topological polar surface area (TPSA) is 48.0 Å². The van der Waals surface area contributed by atoms with E-state index in [0.29, 0.717) is 0 Å².